The van der Waals surface area contributed by atoms with Crippen molar-refractivity contribution in [1.29, 1.82) is 0 Å². The number of amides is 3. The van der Waals surface area contributed by atoms with Crippen LogP contribution in [0.25, 0.3) is 5.69 Å². The van der Waals surface area contributed by atoms with E-state index in [9.17, 15) is 14.4 Å². The van der Waals surface area contributed by atoms with Gasteiger partial charge in [-0.1, -0.05) is 35.0 Å². The monoisotopic (exact) mass is 426 g/mol. The summed E-state index contributed by atoms with van der Waals surface area (Å²) in [5, 5.41) is 13.8. The number of nitrogens with two attached hydrogens (primary N) is 1. The Morgan fingerprint density at radius 1 is 1.10 bits per heavy atom. The van der Waals surface area contributed by atoms with E-state index in [2.05, 4.69) is 20.9 Å². The molecule has 30 heavy (non-hydrogen) atoms. The number of hydrogen-bond donors (Lipinski definition) is 3. The van der Waals surface area contributed by atoms with Crippen molar-refractivity contribution in [2.75, 3.05) is 11.9 Å². The van der Waals surface area contributed by atoms with Crippen LogP contribution in [0.15, 0.2) is 48.5 Å². The number of halogens is 1. The second-order valence-electron chi connectivity index (χ2n) is 6.39. The van der Waals surface area contributed by atoms with Crippen LogP contribution in [0.2, 0.25) is 5.02 Å². The minimum atomic E-state index is -0.518. The van der Waals surface area contributed by atoms with Gasteiger partial charge in [0.1, 0.15) is 0 Å². The highest BCUT2D eigenvalue weighted by atomic mass is 35.5. The molecule has 3 rings (SSSR count). The number of aromatic nitrogens is 3. The van der Waals surface area contributed by atoms with Crippen LogP contribution in [0, 0.1) is 6.92 Å². The lowest BCUT2D eigenvalue weighted by Crippen LogP contribution is -2.29. The van der Waals surface area contributed by atoms with Gasteiger partial charge < -0.3 is 16.4 Å². The summed E-state index contributed by atoms with van der Waals surface area (Å²) in [5.41, 5.74) is 6.91. The summed E-state index contributed by atoms with van der Waals surface area (Å²) in [6.07, 6.45) is 0.0199. The number of benzene rings is 2. The second kappa shape index (κ2) is 9.19. The SMILES string of the molecule is Cc1c(C(=O)Nc2ccccc2C(=O)NCCC(N)=O)nnn1-c1cccc(Cl)c1. The molecule has 0 aliphatic heterocycles. The van der Waals surface area contributed by atoms with Crippen LogP contribution in [0.3, 0.4) is 0 Å². The lowest BCUT2D eigenvalue weighted by atomic mass is 10.1. The lowest BCUT2D eigenvalue weighted by molar-refractivity contribution is -0.117. The van der Waals surface area contributed by atoms with Gasteiger partial charge in [-0.3, -0.25) is 14.4 Å². The normalized spacial score (nSPS) is 10.5. The maximum atomic E-state index is 12.8. The summed E-state index contributed by atoms with van der Waals surface area (Å²) in [6.45, 7) is 1.81. The van der Waals surface area contributed by atoms with Crippen molar-refractivity contribution in [3.05, 3.63) is 70.5 Å². The number of carbonyl (C=O) groups excluding carboxylic acids is 3. The first kappa shape index (κ1) is 21.0. The molecule has 9 nitrogen and oxygen atoms in total. The third-order valence-electron chi connectivity index (χ3n) is 4.24. The summed E-state index contributed by atoms with van der Waals surface area (Å²) >= 11 is 6.02. The number of primary amides is 1. The average molecular weight is 427 g/mol. The van der Waals surface area contributed by atoms with E-state index in [1.165, 1.54) is 4.68 Å². The Kier molecular flexibility index (Phi) is 6.43. The van der Waals surface area contributed by atoms with Crippen molar-refractivity contribution in [3.63, 3.8) is 0 Å². The molecule has 0 bridgehead atoms. The lowest BCUT2D eigenvalue weighted by Gasteiger charge is -2.11. The van der Waals surface area contributed by atoms with E-state index in [4.69, 9.17) is 17.3 Å². The first-order valence-corrected chi connectivity index (χ1v) is 9.39. The molecule has 0 unspecified atom stereocenters. The first-order valence-electron chi connectivity index (χ1n) is 9.02. The van der Waals surface area contributed by atoms with E-state index in [0.717, 1.165) is 0 Å². The molecule has 0 aliphatic rings. The molecule has 1 aromatic heterocycles. The van der Waals surface area contributed by atoms with Gasteiger partial charge in [0, 0.05) is 18.0 Å². The second-order valence-corrected chi connectivity index (χ2v) is 6.82. The predicted octanol–water partition coefficient (Wildman–Crippen LogP) is 2.09. The van der Waals surface area contributed by atoms with E-state index < -0.39 is 17.7 Å². The van der Waals surface area contributed by atoms with E-state index in [0.29, 0.717) is 22.1 Å². The highest BCUT2D eigenvalue weighted by molar-refractivity contribution is 6.30. The van der Waals surface area contributed by atoms with Crippen LogP contribution in [0.1, 0.15) is 33.0 Å². The molecule has 0 aliphatic carbocycles. The van der Waals surface area contributed by atoms with Gasteiger partial charge in [-0.25, -0.2) is 4.68 Å². The van der Waals surface area contributed by atoms with Gasteiger partial charge in [-0.15, -0.1) is 5.10 Å². The van der Waals surface area contributed by atoms with Crippen LogP contribution in [0.5, 0.6) is 0 Å². The Hall–Kier alpha value is -3.72. The minimum absolute atomic E-state index is 0.0199. The summed E-state index contributed by atoms with van der Waals surface area (Å²) in [6, 6.07) is 13.5. The zero-order chi connectivity index (χ0) is 21.7. The third-order valence-corrected chi connectivity index (χ3v) is 4.47. The summed E-state index contributed by atoms with van der Waals surface area (Å²) < 4.78 is 1.50. The molecule has 154 valence electrons. The number of para-hydroxylation sites is 1. The van der Waals surface area contributed by atoms with Gasteiger partial charge in [-0.2, -0.15) is 0 Å². The number of anilines is 1. The van der Waals surface area contributed by atoms with Crippen LogP contribution < -0.4 is 16.4 Å². The Morgan fingerprint density at radius 3 is 2.60 bits per heavy atom. The largest absolute Gasteiger partial charge is 0.370 e. The maximum absolute atomic E-state index is 12.8. The van der Waals surface area contributed by atoms with Crippen molar-refractivity contribution >= 4 is 35.0 Å². The zero-order valence-corrected chi connectivity index (χ0v) is 16.8. The smallest absolute Gasteiger partial charge is 0.278 e. The number of nitrogens with zero attached hydrogens (tertiary/aromatic N) is 3. The van der Waals surface area contributed by atoms with Gasteiger partial charge in [0.25, 0.3) is 11.8 Å². The topological polar surface area (TPSA) is 132 Å². The molecule has 3 aromatic rings. The van der Waals surface area contributed by atoms with Gasteiger partial charge in [0.05, 0.1) is 22.6 Å². The van der Waals surface area contributed by atoms with E-state index in [-0.39, 0.29) is 24.2 Å². The molecule has 0 atom stereocenters. The molecule has 0 spiro atoms. The molecule has 1 heterocycles. The highest BCUT2D eigenvalue weighted by Gasteiger charge is 2.20. The predicted molar refractivity (Wildman–Crippen MR) is 112 cm³/mol. The van der Waals surface area contributed by atoms with E-state index in [1.54, 1.807) is 55.5 Å². The Balaban J connectivity index is 1.79. The molecule has 3 amide bonds. The molecule has 0 saturated heterocycles. The molecule has 2 aromatic carbocycles. The summed E-state index contributed by atoms with van der Waals surface area (Å²) in [5.74, 6) is -1.47. The molecule has 0 saturated carbocycles. The minimum Gasteiger partial charge on any atom is -0.370 e. The van der Waals surface area contributed by atoms with Crippen molar-refractivity contribution in [2.45, 2.75) is 13.3 Å². The Bertz CT molecular complexity index is 1110. The van der Waals surface area contributed by atoms with Gasteiger partial charge >= 0.3 is 0 Å². The summed E-state index contributed by atoms with van der Waals surface area (Å²) in [4.78, 5) is 36.0. The van der Waals surface area contributed by atoms with E-state index in [1.807, 2.05) is 0 Å². The quantitative estimate of drug-likeness (QED) is 0.532. The molecule has 0 fully saturated rings. The van der Waals surface area contributed by atoms with Gasteiger partial charge in [0.15, 0.2) is 5.69 Å². The van der Waals surface area contributed by atoms with Crippen molar-refractivity contribution < 1.29 is 14.4 Å². The van der Waals surface area contributed by atoms with Crippen LogP contribution >= 0.6 is 11.6 Å². The summed E-state index contributed by atoms with van der Waals surface area (Å²) in [7, 11) is 0. The van der Waals surface area contributed by atoms with Crippen molar-refractivity contribution in [2.24, 2.45) is 5.73 Å². The van der Waals surface area contributed by atoms with Gasteiger partial charge in [0.2, 0.25) is 5.91 Å². The molecular formula is C20H19ClN6O3. The third kappa shape index (κ3) is 4.81. The molecular weight excluding hydrogens is 408 g/mol. The molecule has 10 heteroatoms. The number of rotatable bonds is 7. The van der Waals surface area contributed by atoms with Crippen LogP contribution in [-0.2, 0) is 4.79 Å². The van der Waals surface area contributed by atoms with Crippen molar-refractivity contribution in [3.8, 4) is 5.69 Å². The van der Waals surface area contributed by atoms with Crippen LogP contribution in [0.4, 0.5) is 5.69 Å². The number of carbonyl (C=O) groups is 3. The van der Waals surface area contributed by atoms with Gasteiger partial charge in [-0.05, 0) is 37.3 Å². The van der Waals surface area contributed by atoms with Crippen LogP contribution in [-0.4, -0.2) is 39.3 Å². The standard InChI is InChI=1S/C20H19ClN6O3/c1-12-18(25-26-27(12)14-6-4-5-13(21)11-14)20(30)24-16-8-3-2-7-15(16)19(29)23-10-9-17(22)28/h2-8,11H,9-10H2,1H3,(H2,22,28)(H,23,29)(H,24,30). The molecule has 4 N–H and O–H groups in total. The Morgan fingerprint density at radius 2 is 1.87 bits per heavy atom. The fraction of sp³-hybridized carbons (Fsp3) is 0.150. The number of nitrogens with one attached hydrogen (secondary N) is 2. The fourth-order valence-corrected chi connectivity index (χ4v) is 2.94. The molecule has 0 radical (unpaired) electrons. The number of hydrogen-bond acceptors (Lipinski definition) is 5. The fourth-order valence-electron chi connectivity index (χ4n) is 2.76. The first-order chi connectivity index (χ1) is 14.4. The zero-order valence-electron chi connectivity index (χ0n) is 16.1. The Labute approximate surface area is 177 Å². The van der Waals surface area contributed by atoms with E-state index >= 15 is 0 Å². The highest BCUT2D eigenvalue weighted by Crippen LogP contribution is 2.19. The average Bonchev–Trinajstić information content (AvgIpc) is 3.09. The maximum Gasteiger partial charge on any atom is 0.278 e. The van der Waals surface area contributed by atoms with Crippen molar-refractivity contribution in [1.82, 2.24) is 20.3 Å².